The quantitative estimate of drug-likeness (QED) is 0.812. The molecule has 3 nitrogen and oxygen atoms in total. The number of hydrogen-bond acceptors (Lipinski definition) is 2. The molecule has 0 heterocycles. The molecule has 1 fully saturated rings. The third kappa shape index (κ3) is 1.57. The van der Waals surface area contributed by atoms with Gasteiger partial charge in [-0.2, -0.15) is 0 Å². The summed E-state index contributed by atoms with van der Waals surface area (Å²) < 4.78 is 26.6. The van der Waals surface area contributed by atoms with Crippen LogP contribution >= 0.6 is 0 Å². The van der Waals surface area contributed by atoms with Gasteiger partial charge in [-0.05, 0) is 25.3 Å². The van der Waals surface area contributed by atoms with Crippen molar-refractivity contribution in [2.45, 2.75) is 24.8 Å². The van der Waals surface area contributed by atoms with Gasteiger partial charge in [0.05, 0.1) is 5.56 Å². The fraction of sp³-hybridized carbons (Fsp3) is 0.364. The van der Waals surface area contributed by atoms with Crippen molar-refractivity contribution in [1.82, 2.24) is 0 Å². The molecule has 1 aliphatic rings. The van der Waals surface area contributed by atoms with Crippen LogP contribution < -0.4 is 5.73 Å². The first-order valence-electron chi connectivity index (χ1n) is 4.96. The zero-order chi connectivity index (χ0) is 11.9. The summed E-state index contributed by atoms with van der Waals surface area (Å²) in [5.41, 5.74) is 4.62. The molecular weight excluding hydrogens is 216 g/mol. The molecule has 0 aliphatic heterocycles. The molecule has 0 unspecified atom stereocenters. The summed E-state index contributed by atoms with van der Waals surface area (Å²) in [7, 11) is 0. The Morgan fingerprint density at radius 1 is 1.31 bits per heavy atom. The Bertz CT molecular complexity index is 456. The summed E-state index contributed by atoms with van der Waals surface area (Å²) in [6.45, 7) is 0. The van der Waals surface area contributed by atoms with Gasteiger partial charge >= 0.3 is 5.97 Å². The third-order valence-electron chi connectivity index (χ3n) is 3.07. The van der Waals surface area contributed by atoms with Crippen molar-refractivity contribution in [1.29, 1.82) is 0 Å². The smallest absolute Gasteiger partial charge is 0.338 e. The van der Waals surface area contributed by atoms with Gasteiger partial charge in [0, 0.05) is 17.2 Å². The highest BCUT2D eigenvalue weighted by atomic mass is 19.1. The van der Waals surface area contributed by atoms with Gasteiger partial charge in [-0.15, -0.1) is 0 Å². The van der Waals surface area contributed by atoms with E-state index < -0.39 is 28.7 Å². The molecule has 0 bridgehead atoms. The van der Waals surface area contributed by atoms with Crippen LogP contribution in [0, 0.1) is 11.6 Å². The second kappa shape index (κ2) is 3.52. The summed E-state index contributed by atoms with van der Waals surface area (Å²) >= 11 is 0. The van der Waals surface area contributed by atoms with Gasteiger partial charge < -0.3 is 10.8 Å². The van der Waals surface area contributed by atoms with E-state index in [-0.39, 0.29) is 5.56 Å². The summed E-state index contributed by atoms with van der Waals surface area (Å²) in [6.07, 6.45) is 2.05. The second-order valence-electron chi connectivity index (χ2n) is 4.13. The maximum atomic E-state index is 13.5. The maximum Gasteiger partial charge on any atom is 0.338 e. The second-order valence-corrected chi connectivity index (χ2v) is 4.13. The van der Waals surface area contributed by atoms with Gasteiger partial charge in [0.2, 0.25) is 0 Å². The lowest BCUT2D eigenvalue weighted by molar-refractivity contribution is 0.0691. The van der Waals surface area contributed by atoms with E-state index in [2.05, 4.69) is 0 Å². The van der Waals surface area contributed by atoms with E-state index in [4.69, 9.17) is 10.8 Å². The summed E-state index contributed by atoms with van der Waals surface area (Å²) in [6, 6.07) is 1.60. The molecule has 16 heavy (non-hydrogen) atoms. The summed E-state index contributed by atoms with van der Waals surface area (Å²) in [5, 5.41) is 8.73. The number of rotatable bonds is 2. The molecule has 1 saturated carbocycles. The minimum Gasteiger partial charge on any atom is -0.478 e. The topological polar surface area (TPSA) is 63.3 Å². The number of halogens is 2. The van der Waals surface area contributed by atoms with Crippen LogP contribution in [-0.4, -0.2) is 11.1 Å². The van der Waals surface area contributed by atoms with Crippen molar-refractivity contribution in [3.8, 4) is 0 Å². The molecule has 1 aromatic carbocycles. The largest absolute Gasteiger partial charge is 0.478 e. The van der Waals surface area contributed by atoms with Crippen molar-refractivity contribution in [3.05, 3.63) is 34.9 Å². The molecule has 1 aliphatic carbocycles. The molecule has 0 aromatic heterocycles. The first kappa shape index (κ1) is 11.0. The van der Waals surface area contributed by atoms with E-state index >= 15 is 0 Å². The van der Waals surface area contributed by atoms with E-state index in [9.17, 15) is 13.6 Å². The summed E-state index contributed by atoms with van der Waals surface area (Å²) in [4.78, 5) is 10.7. The van der Waals surface area contributed by atoms with Gasteiger partial charge in [-0.25, -0.2) is 13.6 Å². The fourth-order valence-electron chi connectivity index (χ4n) is 1.92. The van der Waals surface area contributed by atoms with Gasteiger partial charge in [0.25, 0.3) is 0 Å². The van der Waals surface area contributed by atoms with E-state index in [1.807, 2.05) is 0 Å². The molecular formula is C11H11F2NO2. The molecule has 0 saturated heterocycles. The highest BCUT2D eigenvalue weighted by Crippen LogP contribution is 2.40. The van der Waals surface area contributed by atoms with Crippen LogP contribution in [0.1, 0.15) is 35.2 Å². The van der Waals surface area contributed by atoms with Crippen molar-refractivity contribution in [2.75, 3.05) is 0 Å². The van der Waals surface area contributed by atoms with Crippen LogP contribution in [0.2, 0.25) is 0 Å². The normalized spacial score (nSPS) is 17.9. The van der Waals surface area contributed by atoms with Crippen LogP contribution in [0.3, 0.4) is 0 Å². The van der Waals surface area contributed by atoms with Crippen LogP contribution in [-0.2, 0) is 5.54 Å². The predicted molar refractivity (Wildman–Crippen MR) is 53.0 cm³/mol. The molecule has 1 aromatic rings. The zero-order valence-electron chi connectivity index (χ0n) is 8.46. The maximum absolute atomic E-state index is 13.5. The van der Waals surface area contributed by atoms with Gasteiger partial charge in [-0.3, -0.25) is 0 Å². The fourth-order valence-corrected chi connectivity index (χ4v) is 1.92. The van der Waals surface area contributed by atoms with Crippen LogP contribution in [0.5, 0.6) is 0 Å². The highest BCUT2D eigenvalue weighted by Gasteiger charge is 2.37. The number of carboxylic acid groups (broad SMARTS) is 1. The molecule has 86 valence electrons. The Kier molecular flexibility index (Phi) is 2.42. The Labute approximate surface area is 90.9 Å². The first-order valence-corrected chi connectivity index (χ1v) is 4.96. The Morgan fingerprint density at radius 2 is 1.94 bits per heavy atom. The first-order chi connectivity index (χ1) is 7.44. The number of aromatic carboxylic acids is 1. The number of hydrogen-bond donors (Lipinski definition) is 2. The minimum absolute atomic E-state index is 0.0950. The van der Waals surface area contributed by atoms with Crippen molar-refractivity contribution in [3.63, 3.8) is 0 Å². The van der Waals surface area contributed by atoms with Gasteiger partial charge in [0.1, 0.15) is 11.6 Å². The molecule has 3 N–H and O–H groups in total. The highest BCUT2D eigenvalue weighted by molar-refractivity contribution is 5.88. The summed E-state index contributed by atoms with van der Waals surface area (Å²) in [5.74, 6) is -3.26. The van der Waals surface area contributed by atoms with Gasteiger partial charge in [0.15, 0.2) is 0 Å². The Morgan fingerprint density at radius 3 is 2.38 bits per heavy atom. The van der Waals surface area contributed by atoms with E-state index in [0.29, 0.717) is 18.9 Å². The van der Waals surface area contributed by atoms with Crippen molar-refractivity contribution in [2.24, 2.45) is 5.73 Å². The number of carboxylic acids is 1. The molecule has 5 heteroatoms. The minimum atomic E-state index is -1.42. The van der Waals surface area contributed by atoms with Crippen LogP contribution in [0.15, 0.2) is 12.1 Å². The molecule has 2 rings (SSSR count). The van der Waals surface area contributed by atoms with Gasteiger partial charge in [-0.1, -0.05) is 0 Å². The SMILES string of the molecule is NC1(c2cc(C(=O)O)c(F)cc2F)CCC1. The Balaban J connectivity index is 2.53. The molecule has 0 atom stereocenters. The molecule has 0 spiro atoms. The monoisotopic (exact) mass is 227 g/mol. The standard InChI is InChI=1S/C11H11F2NO2/c12-8-5-9(13)7(4-6(8)10(15)16)11(14)2-1-3-11/h4-5H,1-3,14H2,(H,15,16). The van der Waals surface area contributed by atoms with Crippen molar-refractivity contribution >= 4 is 5.97 Å². The van der Waals surface area contributed by atoms with E-state index in [1.165, 1.54) is 0 Å². The zero-order valence-corrected chi connectivity index (χ0v) is 8.46. The third-order valence-corrected chi connectivity index (χ3v) is 3.07. The van der Waals surface area contributed by atoms with E-state index in [0.717, 1.165) is 12.5 Å². The van der Waals surface area contributed by atoms with Crippen molar-refractivity contribution < 1.29 is 18.7 Å². The molecule has 0 radical (unpaired) electrons. The van der Waals surface area contributed by atoms with Crippen LogP contribution in [0.4, 0.5) is 8.78 Å². The lowest BCUT2D eigenvalue weighted by Gasteiger charge is -2.38. The number of nitrogens with two attached hydrogens (primary N) is 1. The average Bonchev–Trinajstić information content (AvgIpc) is 2.13. The average molecular weight is 227 g/mol. The molecule has 0 amide bonds. The number of benzene rings is 1. The lowest BCUT2D eigenvalue weighted by Crippen LogP contribution is -2.44. The lowest BCUT2D eigenvalue weighted by atomic mass is 9.72. The number of carbonyl (C=O) groups is 1. The van der Waals surface area contributed by atoms with Crippen LogP contribution in [0.25, 0.3) is 0 Å². The Hall–Kier alpha value is -1.49. The van der Waals surface area contributed by atoms with E-state index in [1.54, 1.807) is 0 Å². The predicted octanol–water partition coefficient (Wildman–Crippen LogP) is 2.00.